The molecule has 1 heterocycles. The van der Waals surface area contributed by atoms with E-state index in [4.69, 9.17) is 4.74 Å². The van der Waals surface area contributed by atoms with E-state index in [1.54, 1.807) is 7.11 Å². The van der Waals surface area contributed by atoms with Crippen LogP contribution in [-0.2, 0) is 12.0 Å². The zero-order valence-electron chi connectivity index (χ0n) is 14.2. The lowest BCUT2D eigenvalue weighted by Gasteiger charge is -2.39. The number of hydrogen-bond donors (Lipinski definition) is 0. The van der Waals surface area contributed by atoms with Crippen molar-refractivity contribution >= 4 is 5.91 Å². The fraction of sp³-hybridized carbons (Fsp3) is 0.350. The second kappa shape index (κ2) is 5.73. The molecule has 0 atom stereocenters. The Labute approximate surface area is 137 Å². The molecule has 1 aliphatic rings. The van der Waals surface area contributed by atoms with Crippen molar-refractivity contribution in [2.75, 3.05) is 13.7 Å². The van der Waals surface area contributed by atoms with Crippen LogP contribution < -0.4 is 4.74 Å². The summed E-state index contributed by atoms with van der Waals surface area (Å²) in [4.78, 5) is 14.8. The van der Waals surface area contributed by atoms with Gasteiger partial charge >= 0.3 is 0 Å². The summed E-state index contributed by atoms with van der Waals surface area (Å²) in [7, 11) is 1.66. The maximum absolute atomic E-state index is 12.9. The fourth-order valence-corrected chi connectivity index (χ4v) is 3.31. The van der Waals surface area contributed by atoms with Gasteiger partial charge in [0.1, 0.15) is 5.75 Å². The Morgan fingerprint density at radius 1 is 1.13 bits per heavy atom. The molecule has 1 amide bonds. The lowest BCUT2D eigenvalue weighted by Crippen LogP contribution is -2.46. The number of amides is 1. The minimum absolute atomic E-state index is 0.0383. The van der Waals surface area contributed by atoms with Crippen molar-refractivity contribution in [1.29, 1.82) is 0 Å². The van der Waals surface area contributed by atoms with Crippen LogP contribution in [-0.4, -0.2) is 24.5 Å². The summed E-state index contributed by atoms with van der Waals surface area (Å²) < 4.78 is 5.19. The number of carbonyl (C=O) groups is 1. The molecule has 0 radical (unpaired) electrons. The fourth-order valence-electron chi connectivity index (χ4n) is 3.31. The third-order valence-electron chi connectivity index (χ3n) is 4.54. The molecule has 23 heavy (non-hydrogen) atoms. The molecule has 0 spiro atoms. The Kier molecular flexibility index (Phi) is 3.88. The number of hydrogen-bond acceptors (Lipinski definition) is 2. The second-order valence-corrected chi connectivity index (χ2v) is 6.94. The number of fused-ring (bicyclic) bond motifs is 1. The lowest BCUT2D eigenvalue weighted by atomic mass is 9.77. The Bertz CT molecular complexity index is 732. The van der Waals surface area contributed by atoms with Crippen LogP contribution in [0.25, 0.3) is 0 Å². The zero-order valence-corrected chi connectivity index (χ0v) is 14.2. The zero-order chi connectivity index (χ0) is 16.6. The summed E-state index contributed by atoms with van der Waals surface area (Å²) in [6.07, 6.45) is 0. The van der Waals surface area contributed by atoms with Gasteiger partial charge in [0.2, 0.25) is 0 Å². The molecule has 2 aromatic carbocycles. The first-order valence-electron chi connectivity index (χ1n) is 7.94. The highest BCUT2D eigenvalue weighted by Crippen LogP contribution is 2.34. The van der Waals surface area contributed by atoms with Crippen LogP contribution in [0.4, 0.5) is 0 Å². The van der Waals surface area contributed by atoms with Crippen LogP contribution in [0.5, 0.6) is 5.75 Å². The number of methoxy groups -OCH3 is 1. The highest BCUT2D eigenvalue weighted by atomic mass is 16.5. The van der Waals surface area contributed by atoms with Crippen molar-refractivity contribution in [1.82, 2.24) is 4.90 Å². The van der Waals surface area contributed by atoms with Crippen molar-refractivity contribution in [2.45, 2.75) is 32.7 Å². The van der Waals surface area contributed by atoms with E-state index < -0.39 is 0 Å². The van der Waals surface area contributed by atoms with Gasteiger partial charge in [-0.25, -0.2) is 0 Å². The van der Waals surface area contributed by atoms with Gasteiger partial charge in [-0.3, -0.25) is 4.79 Å². The monoisotopic (exact) mass is 309 g/mol. The van der Waals surface area contributed by atoms with Crippen molar-refractivity contribution in [3.8, 4) is 5.75 Å². The van der Waals surface area contributed by atoms with Gasteiger partial charge in [0.25, 0.3) is 5.91 Å². The number of nitrogens with zero attached hydrogens (tertiary/aromatic N) is 1. The highest BCUT2D eigenvalue weighted by molar-refractivity contribution is 5.97. The van der Waals surface area contributed by atoms with Gasteiger partial charge in [0.05, 0.1) is 7.11 Å². The summed E-state index contributed by atoms with van der Waals surface area (Å²) >= 11 is 0. The van der Waals surface area contributed by atoms with E-state index >= 15 is 0 Å². The molecule has 0 fully saturated rings. The van der Waals surface area contributed by atoms with E-state index in [1.807, 2.05) is 42.2 Å². The van der Waals surface area contributed by atoms with Crippen LogP contribution in [0.1, 0.15) is 40.9 Å². The van der Waals surface area contributed by atoms with Crippen LogP contribution in [0.3, 0.4) is 0 Å². The van der Waals surface area contributed by atoms with Gasteiger partial charge < -0.3 is 9.64 Å². The molecule has 0 saturated carbocycles. The Morgan fingerprint density at radius 3 is 2.48 bits per heavy atom. The number of rotatable bonds is 3. The summed E-state index contributed by atoms with van der Waals surface area (Å²) in [5.74, 6) is 0.957. The van der Waals surface area contributed by atoms with Crippen LogP contribution >= 0.6 is 0 Å². The molecule has 0 aromatic heterocycles. The molecule has 0 N–H and O–H groups in total. The molecule has 3 heteroatoms. The van der Waals surface area contributed by atoms with Gasteiger partial charge in [0, 0.05) is 24.1 Å². The first-order valence-corrected chi connectivity index (χ1v) is 7.94. The highest BCUT2D eigenvalue weighted by Gasteiger charge is 2.36. The van der Waals surface area contributed by atoms with Crippen LogP contribution in [0, 0.1) is 6.92 Å². The van der Waals surface area contributed by atoms with Gasteiger partial charge in [-0.15, -0.1) is 0 Å². The maximum Gasteiger partial charge on any atom is 0.254 e. The molecule has 0 bridgehead atoms. The predicted molar refractivity (Wildman–Crippen MR) is 91.9 cm³/mol. The Morgan fingerprint density at radius 2 is 1.83 bits per heavy atom. The number of benzene rings is 2. The van der Waals surface area contributed by atoms with E-state index in [9.17, 15) is 4.79 Å². The third-order valence-corrected chi connectivity index (χ3v) is 4.54. The quantitative estimate of drug-likeness (QED) is 0.859. The van der Waals surface area contributed by atoms with E-state index in [0.717, 1.165) is 34.5 Å². The Balaban J connectivity index is 1.90. The molecule has 3 nitrogen and oxygen atoms in total. The van der Waals surface area contributed by atoms with Gasteiger partial charge in [-0.05, 0) is 36.2 Å². The Hall–Kier alpha value is -2.29. The SMILES string of the molecule is COc1ccc(CN2CC(C)(C)c3ccc(C)cc3C2=O)cc1. The second-order valence-electron chi connectivity index (χ2n) is 6.94. The third kappa shape index (κ3) is 2.96. The molecule has 2 aromatic rings. The van der Waals surface area contributed by atoms with Crippen molar-refractivity contribution in [3.63, 3.8) is 0 Å². The molecule has 0 aliphatic carbocycles. The lowest BCUT2D eigenvalue weighted by molar-refractivity contribution is 0.0673. The minimum atomic E-state index is -0.0383. The summed E-state index contributed by atoms with van der Waals surface area (Å²) in [6.45, 7) is 7.79. The molecular formula is C20H23NO2. The first kappa shape index (κ1) is 15.6. The van der Waals surface area contributed by atoms with E-state index in [0.29, 0.717) is 6.54 Å². The van der Waals surface area contributed by atoms with Crippen LogP contribution in [0.2, 0.25) is 0 Å². The standard InChI is InChI=1S/C20H23NO2/c1-14-5-10-18-17(11-14)19(22)21(13-20(18,2)3)12-15-6-8-16(23-4)9-7-15/h5-11H,12-13H2,1-4H3. The number of carbonyl (C=O) groups excluding carboxylic acids is 1. The van der Waals surface area contributed by atoms with Crippen molar-refractivity contribution in [3.05, 3.63) is 64.7 Å². The number of ether oxygens (including phenoxy) is 1. The molecule has 0 saturated heterocycles. The van der Waals surface area contributed by atoms with Crippen LogP contribution in [0.15, 0.2) is 42.5 Å². The average molecular weight is 309 g/mol. The summed E-state index contributed by atoms with van der Waals surface area (Å²) in [5.41, 5.74) is 4.20. The molecule has 3 rings (SSSR count). The largest absolute Gasteiger partial charge is 0.497 e. The molecule has 1 aliphatic heterocycles. The molecule has 0 unspecified atom stereocenters. The van der Waals surface area contributed by atoms with E-state index in [2.05, 4.69) is 26.0 Å². The predicted octanol–water partition coefficient (Wildman–Crippen LogP) is 3.94. The van der Waals surface area contributed by atoms with E-state index in [1.165, 1.54) is 0 Å². The minimum Gasteiger partial charge on any atom is -0.497 e. The van der Waals surface area contributed by atoms with Crippen molar-refractivity contribution < 1.29 is 9.53 Å². The molecule has 120 valence electrons. The van der Waals surface area contributed by atoms with Gasteiger partial charge in [-0.1, -0.05) is 43.7 Å². The molecular weight excluding hydrogens is 286 g/mol. The van der Waals surface area contributed by atoms with Gasteiger partial charge in [0.15, 0.2) is 0 Å². The van der Waals surface area contributed by atoms with E-state index in [-0.39, 0.29) is 11.3 Å². The van der Waals surface area contributed by atoms with Gasteiger partial charge in [-0.2, -0.15) is 0 Å². The normalized spacial score (nSPS) is 16.2. The average Bonchev–Trinajstić information content (AvgIpc) is 2.52. The maximum atomic E-state index is 12.9. The topological polar surface area (TPSA) is 29.5 Å². The number of aryl methyl sites for hydroxylation is 1. The first-order chi connectivity index (χ1) is 10.9. The summed E-state index contributed by atoms with van der Waals surface area (Å²) in [5, 5.41) is 0. The smallest absolute Gasteiger partial charge is 0.254 e. The van der Waals surface area contributed by atoms with Crippen molar-refractivity contribution in [2.24, 2.45) is 0 Å². The summed E-state index contributed by atoms with van der Waals surface area (Å²) in [6, 6.07) is 14.1.